The van der Waals surface area contributed by atoms with Crippen LogP contribution in [0.2, 0.25) is 0 Å². The van der Waals surface area contributed by atoms with Gasteiger partial charge in [-0.05, 0) is 68.9 Å². The van der Waals surface area contributed by atoms with Crippen LogP contribution in [0.25, 0.3) is 22.3 Å². The van der Waals surface area contributed by atoms with E-state index in [1.54, 1.807) is 7.11 Å². The summed E-state index contributed by atoms with van der Waals surface area (Å²) >= 11 is 1.52. The number of amides is 3. The number of benzene rings is 1. The second-order valence-corrected chi connectivity index (χ2v) is 17.9. The number of aliphatic carboxylic acids is 1. The van der Waals surface area contributed by atoms with Crippen LogP contribution in [0.15, 0.2) is 36.2 Å². The third kappa shape index (κ3) is 8.53. The lowest BCUT2D eigenvalue weighted by molar-refractivity contribution is -0.146. The molecule has 15 heteroatoms. The summed E-state index contributed by atoms with van der Waals surface area (Å²) in [6.45, 7) is 11.2. The number of rotatable bonds is 13. The standard InChI is InChI=1S/C42H54N6O8S/c1-7-24-20-42(24,38(51)52)47-36(49)32-17-27(21-48(32)37(50)35(41(3,4)5)46-40(53)56-26-14-10-11-15-26)55-34-19-30(44-29-18-33(54-6)23(2)16-28(29)34)31-22-57-39(45-31)43-25-12-8-9-13-25/h7,16,18-19,22,24-27,32,35H,1,8-15,17,20-21H2,2-6H3,(H,43,45)(H,46,53)(H,47,49)(H,51,52)/t24?,27-,32+,35?,42-/m1/s1. The number of alkyl carbamates (subject to hydrolysis) is 1. The minimum atomic E-state index is -1.51. The number of likely N-dealkylation sites (tertiary alicyclic amines) is 1. The van der Waals surface area contributed by atoms with Crippen molar-refractivity contribution in [3.63, 3.8) is 0 Å². The van der Waals surface area contributed by atoms with E-state index in [1.807, 2.05) is 51.3 Å². The van der Waals surface area contributed by atoms with E-state index in [4.69, 9.17) is 24.2 Å². The van der Waals surface area contributed by atoms with Crippen LogP contribution in [0.1, 0.15) is 90.5 Å². The number of methoxy groups -OCH3 is 1. The van der Waals surface area contributed by atoms with Crippen molar-refractivity contribution in [3.05, 3.63) is 41.8 Å². The first-order chi connectivity index (χ1) is 27.2. The predicted molar refractivity (Wildman–Crippen MR) is 216 cm³/mol. The number of anilines is 1. The van der Waals surface area contributed by atoms with Crippen LogP contribution in [0.3, 0.4) is 0 Å². The maximum Gasteiger partial charge on any atom is 0.408 e. The van der Waals surface area contributed by atoms with Crippen LogP contribution >= 0.6 is 11.3 Å². The van der Waals surface area contributed by atoms with Crippen molar-refractivity contribution in [1.29, 1.82) is 0 Å². The quantitative estimate of drug-likeness (QED) is 0.137. The fourth-order valence-corrected chi connectivity index (χ4v) is 9.26. The summed E-state index contributed by atoms with van der Waals surface area (Å²) in [5.41, 5.74) is 0.468. The molecular formula is C42H54N6O8S. The highest BCUT2D eigenvalue weighted by Crippen LogP contribution is 2.45. The van der Waals surface area contributed by atoms with Gasteiger partial charge in [-0.2, -0.15) is 0 Å². The molecule has 4 fully saturated rings. The Morgan fingerprint density at radius 1 is 1.02 bits per heavy atom. The smallest absolute Gasteiger partial charge is 0.408 e. The average molecular weight is 803 g/mol. The molecule has 3 aliphatic carbocycles. The molecule has 3 amide bonds. The van der Waals surface area contributed by atoms with E-state index in [0.717, 1.165) is 49.2 Å². The van der Waals surface area contributed by atoms with Gasteiger partial charge in [0.1, 0.15) is 47.0 Å². The van der Waals surface area contributed by atoms with Gasteiger partial charge < -0.3 is 40.2 Å². The van der Waals surface area contributed by atoms with Crippen molar-refractivity contribution in [2.45, 2.75) is 128 Å². The zero-order valence-electron chi connectivity index (χ0n) is 33.4. The Morgan fingerprint density at radius 2 is 1.74 bits per heavy atom. The first-order valence-electron chi connectivity index (χ1n) is 20.0. The second-order valence-electron chi connectivity index (χ2n) is 17.1. The third-order valence-electron chi connectivity index (χ3n) is 11.9. The van der Waals surface area contributed by atoms with Crippen LogP contribution in [0.4, 0.5) is 9.93 Å². The maximum atomic E-state index is 14.7. The number of fused-ring (bicyclic) bond motifs is 1. The molecule has 2 aromatic heterocycles. The molecule has 0 radical (unpaired) electrons. The highest BCUT2D eigenvalue weighted by Gasteiger charge is 2.61. The molecule has 2 unspecified atom stereocenters. The van der Waals surface area contributed by atoms with Crippen LogP contribution in [0.5, 0.6) is 11.5 Å². The van der Waals surface area contributed by atoms with Crippen molar-refractivity contribution in [1.82, 2.24) is 25.5 Å². The van der Waals surface area contributed by atoms with Crippen molar-refractivity contribution >= 4 is 51.2 Å². The van der Waals surface area contributed by atoms with Gasteiger partial charge in [0, 0.05) is 41.3 Å². The van der Waals surface area contributed by atoms with Gasteiger partial charge in [-0.1, -0.05) is 39.7 Å². The van der Waals surface area contributed by atoms with E-state index in [1.165, 1.54) is 35.2 Å². The monoisotopic (exact) mass is 802 g/mol. The van der Waals surface area contributed by atoms with Crippen molar-refractivity contribution < 1.29 is 38.5 Å². The summed E-state index contributed by atoms with van der Waals surface area (Å²) in [4.78, 5) is 65.7. The van der Waals surface area contributed by atoms with E-state index in [2.05, 4.69) is 22.5 Å². The molecule has 5 atom stereocenters. The summed E-state index contributed by atoms with van der Waals surface area (Å²) in [5.74, 6) is -1.59. The SMILES string of the molecule is C=CC1C[C@]1(NC(=O)[C@@H]1C[C@@H](Oc2cc(-c3csc(NC4CCCC4)n3)nc3cc(OC)c(C)cc23)CN1C(=O)C(NC(=O)OC1CCCC1)C(C)(C)C)C(=O)O. The van der Waals surface area contributed by atoms with Gasteiger partial charge in [-0.3, -0.25) is 9.59 Å². The van der Waals surface area contributed by atoms with E-state index >= 15 is 0 Å². The number of hydrogen-bond acceptors (Lipinski definition) is 11. The fraction of sp³-hybridized carbons (Fsp3) is 0.571. The summed E-state index contributed by atoms with van der Waals surface area (Å²) in [6, 6.07) is 3.87. The van der Waals surface area contributed by atoms with Gasteiger partial charge in [0.05, 0.1) is 24.9 Å². The highest BCUT2D eigenvalue weighted by atomic mass is 32.1. The van der Waals surface area contributed by atoms with Crippen LogP contribution in [0, 0.1) is 18.3 Å². The Kier molecular flexibility index (Phi) is 11.4. The highest BCUT2D eigenvalue weighted by molar-refractivity contribution is 7.14. The maximum absolute atomic E-state index is 14.7. The number of pyridine rings is 1. The number of aryl methyl sites for hydroxylation is 1. The first-order valence-corrected chi connectivity index (χ1v) is 20.9. The molecule has 1 aromatic carbocycles. The van der Waals surface area contributed by atoms with Gasteiger partial charge >= 0.3 is 12.1 Å². The van der Waals surface area contributed by atoms with Crippen LogP contribution in [-0.4, -0.2) is 93.4 Å². The van der Waals surface area contributed by atoms with E-state index < -0.39 is 58.9 Å². The largest absolute Gasteiger partial charge is 0.496 e. The Balaban J connectivity index is 1.20. The Bertz CT molecular complexity index is 2040. The molecule has 4 N–H and O–H groups in total. The molecule has 14 nitrogen and oxygen atoms in total. The van der Waals surface area contributed by atoms with Crippen LogP contribution in [-0.2, 0) is 19.1 Å². The Morgan fingerprint density at radius 3 is 2.39 bits per heavy atom. The number of carboxylic acids is 1. The molecule has 3 aromatic rings. The Labute approximate surface area is 337 Å². The van der Waals surface area contributed by atoms with Gasteiger partial charge in [0.2, 0.25) is 11.8 Å². The topological polar surface area (TPSA) is 181 Å². The summed E-state index contributed by atoms with van der Waals surface area (Å²) in [5, 5.41) is 22.7. The lowest BCUT2D eigenvalue weighted by atomic mass is 9.85. The molecule has 4 aliphatic rings. The molecule has 3 heterocycles. The van der Waals surface area contributed by atoms with E-state index in [-0.39, 0.29) is 25.5 Å². The van der Waals surface area contributed by atoms with Gasteiger partial charge in [0.25, 0.3) is 0 Å². The Hall–Kier alpha value is -4.92. The number of carbonyl (C=O) groups is 4. The van der Waals surface area contributed by atoms with E-state index in [0.29, 0.717) is 39.8 Å². The van der Waals surface area contributed by atoms with Crippen molar-refractivity contribution in [2.24, 2.45) is 11.3 Å². The number of hydrogen-bond donors (Lipinski definition) is 4. The molecule has 57 heavy (non-hydrogen) atoms. The van der Waals surface area contributed by atoms with Gasteiger partial charge in [-0.25, -0.2) is 19.6 Å². The number of aromatic nitrogens is 2. The zero-order chi connectivity index (χ0) is 40.6. The molecular weight excluding hydrogens is 749 g/mol. The number of ether oxygens (including phenoxy) is 3. The third-order valence-corrected chi connectivity index (χ3v) is 12.6. The number of carboxylic acid groups (broad SMARTS) is 1. The number of nitrogens with one attached hydrogen (secondary N) is 3. The molecule has 1 aliphatic heterocycles. The predicted octanol–water partition coefficient (Wildman–Crippen LogP) is 6.61. The molecule has 306 valence electrons. The summed E-state index contributed by atoms with van der Waals surface area (Å²) in [6.07, 6.45) is 8.30. The fourth-order valence-electron chi connectivity index (χ4n) is 8.48. The molecule has 1 saturated heterocycles. The normalized spacial score (nSPS) is 24.2. The van der Waals surface area contributed by atoms with E-state index in [9.17, 15) is 24.3 Å². The molecule has 0 spiro atoms. The molecule has 0 bridgehead atoms. The lowest BCUT2D eigenvalue weighted by Gasteiger charge is -2.35. The zero-order valence-corrected chi connectivity index (χ0v) is 34.2. The minimum Gasteiger partial charge on any atom is -0.496 e. The van der Waals surface area contributed by atoms with Gasteiger partial charge in [-0.15, -0.1) is 17.9 Å². The van der Waals surface area contributed by atoms with Crippen LogP contribution < -0.4 is 25.4 Å². The number of thiazole rings is 1. The van der Waals surface area contributed by atoms with Crippen molar-refractivity contribution in [3.8, 4) is 22.9 Å². The second kappa shape index (κ2) is 16.1. The number of carbonyl (C=O) groups excluding carboxylic acids is 3. The average Bonchev–Trinajstić information content (AvgIpc) is 3.80. The molecule has 3 saturated carbocycles. The lowest BCUT2D eigenvalue weighted by Crippen LogP contribution is -2.59. The first kappa shape index (κ1) is 40.3. The van der Waals surface area contributed by atoms with Gasteiger partial charge in [0.15, 0.2) is 5.13 Å². The summed E-state index contributed by atoms with van der Waals surface area (Å²) < 4.78 is 18.1. The summed E-state index contributed by atoms with van der Waals surface area (Å²) in [7, 11) is 1.60. The number of nitrogens with zero attached hydrogens (tertiary/aromatic N) is 3. The molecule has 7 rings (SSSR count). The van der Waals surface area contributed by atoms with Crippen molar-refractivity contribution in [2.75, 3.05) is 19.0 Å². The minimum absolute atomic E-state index is 0.00570.